The molecule has 2 amide bonds. The van der Waals surface area contributed by atoms with Crippen molar-refractivity contribution in [3.8, 4) is 0 Å². The van der Waals surface area contributed by atoms with E-state index in [1.165, 1.54) is 0 Å². The first-order valence-corrected chi connectivity index (χ1v) is 18.9. The van der Waals surface area contributed by atoms with E-state index in [1.54, 1.807) is 78.9 Å². The van der Waals surface area contributed by atoms with E-state index >= 15 is 0 Å². The van der Waals surface area contributed by atoms with Crippen LogP contribution in [0.1, 0.15) is 60.9 Å². The highest BCUT2D eigenvalue weighted by molar-refractivity contribution is 7.88. The van der Waals surface area contributed by atoms with Gasteiger partial charge in [0.15, 0.2) is 6.54 Å². The van der Waals surface area contributed by atoms with Gasteiger partial charge >= 0.3 is 5.97 Å². The van der Waals surface area contributed by atoms with E-state index in [2.05, 4.69) is 5.32 Å². The van der Waals surface area contributed by atoms with Gasteiger partial charge in [-0.2, -0.15) is 13.0 Å². The predicted octanol–water partition coefficient (Wildman–Crippen LogP) is 4.07. The Morgan fingerprint density at radius 3 is 1.94 bits per heavy atom. The van der Waals surface area contributed by atoms with Gasteiger partial charge in [-0.3, -0.25) is 18.9 Å². The number of para-hydroxylation sites is 2. The van der Waals surface area contributed by atoms with Crippen LogP contribution >= 0.6 is 0 Å². The molecule has 3 aromatic carbocycles. The number of carboxylic acids is 1. The Morgan fingerprint density at radius 2 is 1.33 bits per heavy atom. The summed E-state index contributed by atoms with van der Waals surface area (Å²) in [5.74, 6) is -2.80. The van der Waals surface area contributed by atoms with Gasteiger partial charge < -0.3 is 10.4 Å². The third-order valence-corrected chi connectivity index (χ3v) is 10.4. The number of nitrogens with zero attached hydrogens (tertiary/aromatic N) is 2. The normalized spacial score (nSPS) is 11.9. The average molecular weight is 699 g/mol. The highest BCUT2D eigenvalue weighted by atomic mass is 32.2. The van der Waals surface area contributed by atoms with Gasteiger partial charge in [0.25, 0.3) is 16.0 Å². The minimum absolute atomic E-state index is 0.0240. The number of unbranched alkanes of at least 4 members (excludes halogenated alkanes) is 2. The molecule has 0 bridgehead atoms. The maximum atomic E-state index is 14.5. The number of amides is 2. The summed E-state index contributed by atoms with van der Waals surface area (Å²) in [6, 6.07) is 22.4. The van der Waals surface area contributed by atoms with Crippen LogP contribution in [0.2, 0.25) is 0 Å². The van der Waals surface area contributed by atoms with Gasteiger partial charge in [-0.25, -0.2) is 12.7 Å². The first kappa shape index (κ1) is 36.4. The number of aromatic nitrogens is 1. The number of nitrogens with one attached hydrogen (secondary N) is 1. The maximum absolute atomic E-state index is 14.5. The fourth-order valence-electron chi connectivity index (χ4n) is 5.62. The largest absolute Gasteiger partial charge is 0.481 e. The van der Waals surface area contributed by atoms with Crippen molar-refractivity contribution in [2.75, 3.05) is 18.8 Å². The zero-order chi connectivity index (χ0) is 34.7. The quantitative estimate of drug-likeness (QED) is 0.0598. The second-order valence-electron chi connectivity index (χ2n) is 11.5. The van der Waals surface area contributed by atoms with Gasteiger partial charge in [-0.05, 0) is 37.0 Å². The molecule has 14 heteroatoms. The zero-order valence-electron chi connectivity index (χ0n) is 26.5. The lowest BCUT2D eigenvalue weighted by atomic mass is 10.0. The van der Waals surface area contributed by atoms with Crippen LogP contribution in [0.5, 0.6) is 0 Å². The van der Waals surface area contributed by atoms with Gasteiger partial charge in [0, 0.05) is 44.5 Å². The fraction of sp³-hybridized carbons (Fsp3) is 0.353. The van der Waals surface area contributed by atoms with Gasteiger partial charge in [-0.1, -0.05) is 61.0 Å². The van der Waals surface area contributed by atoms with E-state index in [1.807, 2.05) is 4.57 Å². The van der Waals surface area contributed by atoms with Crippen molar-refractivity contribution in [2.24, 2.45) is 0 Å². The second kappa shape index (κ2) is 16.6. The number of aryl methyl sites for hydroxylation is 1. The number of aliphatic carboxylic acids is 1. The molecule has 0 radical (unpaired) electrons. The van der Waals surface area contributed by atoms with Crippen molar-refractivity contribution in [1.29, 1.82) is 0 Å². The number of pyridine rings is 1. The van der Waals surface area contributed by atoms with Gasteiger partial charge in [0.05, 0.1) is 27.8 Å². The molecule has 0 saturated heterocycles. The second-order valence-corrected chi connectivity index (χ2v) is 14.9. The summed E-state index contributed by atoms with van der Waals surface area (Å²) in [5.41, 5.74) is 1.82. The number of rotatable bonds is 18. The molecule has 0 spiro atoms. The molecule has 0 aliphatic heterocycles. The first-order valence-electron chi connectivity index (χ1n) is 15.7. The van der Waals surface area contributed by atoms with Gasteiger partial charge in [0.2, 0.25) is 27.0 Å². The number of fused-ring (bicyclic) bond motifs is 2. The highest BCUT2D eigenvalue weighted by Gasteiger charge is 2.33. The molecule has 4 rings (SSSR count). The summed E-state index contributed by atoms with van der Waals surface area (Å²) in [7, 11) is -8.42. The SMILES string of the molecule is O=C(O)CCCCCNC(=O)CCCN(C(=O)c1c2ccccc2[n+](CCCS(=O)(=O)O)c2ccccc12)S(=O)(=O)Cc1ccccc1. The van der Waals surface area contributed by atoms with Gasteiger partial charge in [0.1, 0.15) is 0 Å². The number of hydrogen-bond acceptors (Lipinski definition) is 7. The third kappa shape index (κ3) is 10.1. The molecule has 4 aromatic rings. The van der Waals surface area contributed by atoms with Crippen LogP contribution in [0.4, 0.5) is 0 Å². The molecule has 1 aromatic heterocycles. The van der Waals surface area contributed by atoms with Crippen molar-refractivity contribution < 1.29 is 45.4 Å². The highest BCUT2D eigenvalue weighted by Crippen LogP contribution is 2.28. The van der Waals surface area contributed by atoms with Crippen molar-refractivity contribution in [3.63, 3.8) is 0 Å². The van der Waals surface area contributed by atoms with Gasteiger partial charge in [-0.15, -0.1) is 0 Å². The Morgan fingerprint density at radius 1 is 0.729 bits per heavy atom. The van der Waals surface area contributed by atoms with Crippen molar-refractivity contribution >= 4 is 59.7 Å². The van der Waals surface area contributed by atoms with Crippen LogP contribution in [-0.4, -0.2) is 67.4 Å². The summed E-state index contributed by atoms with van der Waals surface area (Å²) in [6.07, 6.45) is 1.98. The average Bonchev–Trinajstić information content (AvgIpc) is 3.03. The van der Waals surface area contributed by atoms with Crippen LogP contribution in [-0.2, 0) is 42.0 Å². The zero-order valence-corrected chi connectivity index (χ0v) is 28.1. The molecule has 3 N–H and O–H groups in total. The number of hydrogen-bond donors (Lipinski definition) is 3. The lowest BCUT2D eigenvalue weighted by Crippen LogP contribution is -2.41. The Balaban J connectivity index is 1.65. The molecule has 0 aliphatic carbocycles. The number of carbonyl (C=O) groups is 3. The Labute approximate surface area is 280 Å². The molecule has 1 heterocycles. The maximum Gasteiger partial charge on any atom is 0.303 e. The molecule has 0 atom stereocenters. The standard InChI is InChI=1S/C34H39N3O9S2/c38-31(35-21-10-2-5-20-32(39)40)19-11-23-37(47(42,43)25-26-13-3-1-4-14-26)34(41)33-27-15-6-8-17-29(27)36(22-12-24-48(44,45)46)30-18-9-7-16-28(30)33/h1,3-4,6-9,13-18H,2,5,10-12,19-25H2,(H2-,35,38,39,40,44,45,46)/p+1. The van der Waals surface area contributed by atoms with Crippen LogP contribution in [0.3, 0.4) is 0 Å². The summed E-state index contributed by atoms with van der Waals surface area (Å²) >= 11 is 0. The Kier molecular flexibility index (Phi) is 12.6. The number of carboxylic acid groups (broad SMARTS) is 1. The van der Waals surface area contributed by atoms with E-state index in [-0.39, 0.29) is 50.2 Å². The molecule has 0 aliphatic rings. The lowest BCUT2D eigenvalue weighted by molar-refractivity contribution is -0.645. The van der Waals surface area contributed by atoms with Crippen LogP contribution in [0.25, 0.3) is 21.8 Å². The third-order valence-electron chi connectivity index (χ3n) is 7.84. The van der Waals surface area contributed by atoms with E-state index in [0.29, 0.717) is 53.2 Å². The summed E-state index contributed by atoms with van der Waals surface area (Å²) in [6.45, 7) is 0.325. The minimum Gasteiger partial charge on any atom is -0.481 e. The molecule has 12 nitrogen and oxygen atoms in total. The number of carbonyl (C=O) groups excluding carboxylic acids is 2. The first-order chi connectivity index (χ1) is 22.9. The monoisotopic (exact) mass is 698 g/mol. The molecular weight excluding hydrogens is 659 g/mol. The van der Waals surface area contributed by atoms with Crippen LogP contribution in [0.15, 0.2) is 78.9 Å². The van der Waals surface area contributed by atoms with E-state index in [9.17, 15) is 35.8 Å². The van der Waals surface area contributed by atoms with E-state index in [0.717, 1.165) is 4.31 Å². The fourth-order valence-corrected chi connectivity index (χ4v) is 7.64. The van der Waals surface area contributed by atoms with E-state index in [4.69, 9.17) is 5.11 Å². The summed E-state index contributed by atoms with van der Waals surface area (Å²) < 4.78 is 62.8. The summed E-state index contributed by atoms with van der Waals surface area (Å²) in [5, 5.41) is 12.5. The van der Waals surface area contributed by atoms with E-state index < -0.39 is 43.5 Å². The van der Waals surface area contributed by atoms with Crippen LogP contribution < -0.4 is 9.88 Å². The lowest BCUT2D eigenvalue weighted by Gasteiger charge is -2.24. The molecule has 48 heavy (non-hydrogen) atoms. The smallest absolute Gasteiger partial charge is 0.303 e. The molecule has 0 saturated carbocycles. The molecule has 0 unspecified atom stereocenters. The molecule has 0 fully saturated rings. The van der Waals surface area contributed by atoms with Crippen molar-refractivity contribution in [2.45, 2.75) is 57.2 Å². The summed E-state index contributed by atoms with van der Waals surface area (Å²) in [4.78, 5) is 37.8. The molecule has 256 valence electrons. The topological polar surface area (TPSA) is 179 Å². The molecular formula is C34H40N3O9S2+. The Hall–Kier alpha value is -4.40. The Bertz CT molecular complexity index is 1930. The minimum atomic E-state index is -4.23. The predicted molar refractivity (Wildman–Crippen MR) is 181 cm³/mol. The number of benzene rings is 3. The van der Waals surface area contributed by atoms with Crippen LogP contribution in [0, 0.1) is 0 Å². The van der Waals surface area contributed by atoms with Crippen molar-refractivity contribution in [1.82, 2.24) is 9.62 Å². The number of sulfonamides is 1. The van der Waals surface area contributed by atoms with Crippen molar-refractivity contribution in [3.05, 3.63) is 90.0 Å².